The predicted molar refractivity (Wildman–Crippen MR) is 70.5 cm³/mol. The third-order valence-electron chi connectivity index (χ3n) is 2.57. The zero-order valence-corrected chi connectivity index (χ0v) is 11.6. The van der Waals surface area contributed by atoms with Crippen LogP contribution in [0.1, 0.15) is 0 Å². The van der Waals surface area contributed by atoms with Crippen molar-refractivity contribution in [1.29, 1.82) is 0 Å². The lowest BCUT2D eigenvalue weighted by Crippen LogP contribution is -2.57. The molecule has 0 saturated heterocycles. The summed E-state index contributed by atoms with van der Waals surface area (Å²) in [7, 11) is 0. The quantitative estimate of drug-likeness (QED) is 0.503. The van der Waals surface area contributed by atoms with E-state index in [1.807, 2.05) is 0 Å². The van der Waals surface area contributed by atoms with Gasteiger partial charge in [-0.1, -0.05) is 0 Å². The summed E-state index contributed by atoms with van der Waals surface area (Å²) in [6.45, 7) is -2.11. The summed E-state index contributed by atoms with van der Waals surface area (Å²) in [5, 5.41) is 29.5. The van der Waals surface area contributed by atoms with Crippen molar-refractivity contribution < 1.29 is 20.1 Å². The zero-order chi connectivity index (χ0) is 14.5. The van der Waals surface area contributed by atoms with Crippen molar-refractivity contribution in [3.05, 3.63) is 33.2 Å². The molecule has 4 N–H and O–H groups in total. The van der Waals surface area contributed by atoms with Crippen LogP contribution in [0, 0.1) is 0 Å². The molecule has 0 unspecified atom stereocenters. The second-order valence-electron chi connectivity index (χ2n) is 4.12. The Hall–Kier alpha value is -1.22. The van der Waals surface area contributed by atoms with Crippen molar-refractivity contribution in [2.75, 3.05) is 19.8 Å². The van der Waals surface area contributed by atoms with Gasteiger partial charge in [-0.05, 0) is 22.0 Å². The molecule has 0 spiro atoms. The topological polar surface area (TPSA) is 112 Å². The van der Waals surface area contributed by atoms with Crippen molar-refractivity contribution in [1.82, 2.24) is 9.88 Å². The van der Waals surface area contributed by atoms with Crippen LogP contribution in [0.15, 0.2) is 27.6 Å². The largest absolute Gasteiger partial charge is 0.394 e. The summed E-state index contributed by atoms with van der Waals surface area (Å²) in [5.41, 5.74) is -1.85. The second-order valence-corrected chi connectivity index (χ2v) is 5.03. The Morgan fingerprint density at radius 1 is 1.26 bits per heavy atom. The third-order valence-corrected chi connectivity index (χ3v) is 3.04. The molecule has 19 heavy (non-hydrogen) atoms. The minimum atomic E-state index is -1.49. The molecule has 1 heterocycles. The fraction of sp³-hybridized carbons (Fsp3) is 0.455. The van der Waals surface area contributed by atoms with E-state index in [-0.39, 0.29) is 12.1 Å². The molecule has 0 atom stereocenters. The molecule has 1 amide bonds. The Morgan fingerprint density at radius 2 is 1.84 bits per heavy atom. The molecule has 106 valence electrons. The lowest BCUT2D eigenvalue weighted by molar-refractivity contribution is -0.126. The molecule has 0 aromatic carbocycles. The highest BCUT2D eigenvalue weighted by Gasteiger charge is 2.29. The van der Waals surface area contributed by atoms with E-state index in [4.69, 9.17) is 15.3 Å². The van der Waals surface area contributed by atoms with E-state index in [1.54, 1.807) is 6.07 Å². The van der Waals surface area contributed by atoms with Gasteiger partial charge < -0.3 is 25.2 Å². The summed E-state index contributed by atoms with van der Waals surface area (Å²) in [4.78, 5) is 23.2. The molecule has 8 heteroatoms. The molecule has 7 nitrogen and oxygen atoms in total. The van der Waals surface area contributed by atoms with Crippen molar-refractivity contribution in [2.45, 2.75) is 12.1 Å². The number of pyridine rings is 1. The van der Waals surface area contributed by atoms with Crippen LogP contribution >= 0.6 is 15.9 Å². The molecule has 0 aliphatic rings. The summed E-state index contributed by atoms with van der Waals surface area (Å²) < 4.78 is 1.80. The second kappa shape index (κ2) is 6.80. The maximum atomic E-state index is 11.7. The highest BCUT2D eigenvalue weighted by Crippen LogP contribution is 2.05. The highest BCUT2D eigenvalue weighted by atomic mass is 79.9. The first-order valence-electron chi connectivity index (χ1n) is 5.46. The number of hydrogen-bond donors (Lipinski definition) is 4. The van der Waals surface area contributed by atoms with E-state index < -0.39 is 31.3 Å². The number of rotatable bonds is 6. The monoisotopic (exact) mass is 334 g/mol. The first-order valence-corrected chi connectivity index (χ1v) is 6.25. The van der Waals surface area contributed by atoms with Crippen LogP contribution in [-0.4, -0.2) is 51.2 Å². The van der Waals surface area contributed by atoms with Gasteiger partial charge in [0.15, 0.2) is 0 Å². The first-order chi connectivity index (χ1) is 8.96. The highest BCUT2D eigenvalue weighted by molar-refractivity contribution is 9.10. The standard InChI is InChI=1S/C11H15BrN2O5/c12-8-1-2-10(19)14(3-8)4-9(18)13-11(5-15,6-16)7-17/h1-3,15-17H,4-7H2,(H,13,18). The first kappa shape index (κ1) is 15.8. The minimum absolute atomic E-state index is 0.278. The summed E-state index contributed by atoms with van der Waals surface area (Å²) >= 11 is 3.18. The molecule has 0 saturated carbocycles. The van der Waals surface area contributed by atoms with Crippen LogP contribution < -0.4 is 10.9 Å². The lowest BCUT2D eigenvalue weighted by atomic mass is 10.0. The van der Waals surface area contributed by atoms with Crippen molar-refractivity contribution >= 4 is 21.8 Å². The lowest BCUT2D eigenvalue weighted by Gasteiger charge is -2.28. The van der Waals surface area contributed by atoms with Gasteiger partial charge in [-0.2, -0.15) is 0 Å². The number of nitrogens with zero attached hydrogens (tertiary/aromatic N) is 1. The van der Waals surface area contributed by atoms with Gasteiger partial charge in [0.2, 0.25) is 5.91 Å². The number of amides is 1. The smallest absolute Gasteiger partial charge is 0.251 e. The predicted octanol–water partition coefficient (Wildman–Crippen LogP) is -1.56. The number of aliphatic hydroxyl groups is 3. The molecule has 0 fully saturated rings. The molecule has 1 aromatic heterocycles. The Morgan fingerprint density at radius 3 is 2.37 bits per heavy atom. The van der Waals surface area contributed by atoms with E-state index in [2.05, 4.69) is 21.2 Å². The molecule has 1 rings (SSSR count). The number of hydrogen-bond acceptors (Lipinski definition) is 5. The number of halogens is 1. The maximum absolute atomic E-state index is 11.7. The van der Waals surface area contributed by atoms with Gasteiger partial charge in [-0.25, -0.2) is 0 Å². The van der Waals surface area contributed by atoms with Gasteiger partial charge >= 0.3 is 0 Å². The molecular weight excluding hydrogens is 320 g/mol. The van der Waals surface area contributed by atoms with Gasteiger partial charge in [-0.15, -0.1) is 0 Å². The minimum Gasteiger partial charge on any atom is -0.394 e. The van der Waals surface area contributed by atoms with Gasteiger partial charge in [0.25, 0.3) is 5.56 Å². The third kappa shape index (κ3) is 4.13. The van der Waals surface area contributed by atoms with E-state index >= 15 is 0 Å². The molecule has 1 aromatic rings. The fourth-order valence-electron chi connectivity index (χ4n) is 1.38. The molecule has 0 aliphatic heterocycles. The molecule has 0 aliphatic carbocycles. The van der Waals surface area contributed by atoms with E-state index in [0.717, 1.165) is 4.57 Å². The Bertz CT molecular complexity index is 490. The Labute approximate surface area is 117 Å². The van der Waals surface area contributed by atoms with Crippen molar-refractivity contribution in [2.24, 2.45) is 0 Å². The van der Waals surface area contributed by atoms with Crippen molar-refractivity contribution in [3.8, 4) is 0 Å². The summed E-state index contributed by atoms with van der Waals surface area (Å²) in [5.74, 6) is -0.600. The van der Waals surface area contributed by atoms with E-state index in [1.165, 1.54) is 12.3 Å². The van der Waals surface area contributed by atoms with Crippen LogP contribution in [0.3, 0.4) is 0 Å². The van der Waals surface area contributed by atoms with Gasteiger partial charge in [0.05, 0.1) is 19.8 Å². The maximum Gasteiger partial charge on any atom is 0.251 e. The normalized spacial score (nSPS) is 11.4. The van der Waals surface area contributed by atoms with E-state index in [0.29, 0.717) is 4.47 Å². The average molecular weight is 335 g/mol. The van der Waals surface area contributed by atoms with Gasteiger partial charge in [0, 0.05) is 16.7 Å². The number of nitrogens with one attached hydrogen (secondary N) is 1. The van der Waals surface area contributed by atoms with Crippen LogP contribution in [0.2, 0.25) is 0 Å². The van der Waals surface area contributed by atoms with Crippen LogP contribution in [0.5, 0.6) is 0 Å². The number of aromatic nitrogens is 1. The molecule has 0 radical (unpaired) electrons. The molecule has 0 bridgehead atoms. The van der Waals surface area contributed by atoms with Gasteiger partial charge in [-0.3, -0.25) is 9.59 Å². The summed E-state index contributed by atoms with van der Waals surface area (Å²) in [6.07, 6.45) is 1.44. The SMILES string of the molecule is O=C(Cn1cc(Br)ccc1=O)NC(CO)(CO)CO. The van der Waals surface area contributed by atoms with Crippen LogP contribution in [0.4, 0.5) is 0 Å². The average Bonchev–Trinajstić information content (AvgIpc) is 2.40. The van der Waals surface area contributed by atoms with Crippen LogP contribution in [-0.2, 0) is 11.3 Å². The Kier molecular flexibility index (Phi) is 5.67. The van der Waals surface area contributed by atoms with Crippen LogP contribution in [0.25, 0.3) is 0 Å². The molecular formula is C11H15BrN2O5. The van der Waals surface area contributed by atoms with Crippen molar-refractivity contribution in [3.63, 3.8) is 0 Å². The number of carbonyl (C=O) groups excluding carboxylic acids is 1. The Balaban J connectivity index is 2.80. The summed E-state index contributed by atoms with van der Waals surface area (Å²) in [6, 6.07) is 2.85. The number of carbonyl (C=O) groups is 1. The fourth-order valence-corrected chi connectivity index (χ4v) is 1.76. The number of aliphatic hydroxyl groups excluding tert-OH is 3. The van der Waals surface area contributed by atoms with E-state index in [9.17, 15) is 9.59 Å². The zero-order valence-electron chi connectivity index (χ0n) is 10.0. The van der Waals surface area contributed by atoms with Gasteiger partial charge in [0.1, 0.15) is 12.1 Å².